The van der Waals surface area contributed by atoms with Crippen LogP contribution < -0.4 is 19.9 Å². The van der Waals surface area contributed by atoms with Gasteiger partial charge in [-0.25, -0.2) is 4.98 Å². The number of aromatic nitrogens is 1. The van der Waals surface area contributed by atoms with Gasteiger partial charge >= 0.3 is 0 Å². The van der Waals surface area contributed by atoms with Gasteiger partial charge in [0.25, 0.3) is 5.91 Å². The van der Waals surface area contributed by atoms with Crippen LogP contribution in [0.2, 0.25) is 0 Å². The third-order valence-corrected chi connectivity index (χ3v) is 5.81. The molecule has 0 radical (unpaired) electrons. The summed E-state index contributed by atoms with van der Waals surface area (Å²) < 4.78 is 5.44. The first-order valence-electron chi connectivity index (χ1n) is 10.8. The summed E-state index contributed by atoms with van der Waals surface area (Å²) in [4.78, 5) is 35.5. The predicted octanol–water partition coefficient (Wildman–Crippen LogP) is 1.66. The summed E-state index contributed by atoms with van der Waals surface area (Å²) in [6.45, 7) is 8.12. The molecule has 1 aromatic carbocycles. The Hall–Kier alpha value is -3.13. The number of rotatable bonds is 7. The first kappa shape index (κ1) is 21.1. The van der Waals surface area contributed by atoms with E-state index in [4.69, 9.17) is 4.74 Å². The number of benzene rings is 1. The molecule has 2 amide bonds. The Labute approximate surface area is 182 Å². The molecule has 1 saturated heterocycles. The second-order valence-electron chi connectivity index (χ2n) is 7.77. The molecule has 2 aliphatic heterocycles. The van der Waals surface area contributed by atoms with Crippen LogP contribution in [-0.4, -0.2) is 67.6 Å². The number of para-hydroxylation sites is 2. The Morgan fingerprint density at radius 3 is 2.68 bits per heavy atom. The topological polar surface area (TPSA) is 78.0 Å². The minimum atomic E-state index is -0.133. The summed E-state index contributed by atoms with van der Waals surface area (Å²) in [7, 11) is 0. The summed E-state index contributed by atoms with van der Waals surface area (Å²) in [6, 6.07) is 11.4. The van der Waals surface area contributed by atoms with E-state index in [1.807, 2.05) is 42.6 Å². The lowest BCUT2D eigenvalue weighted by molar-refractivity contribution is -0.122. The van der Waals surface area contributed by atoms with Gasteiger partial charge in [-0.2, -0.15) is 0 Å². The molecular formula is C23H29N5O3. The minimum Gasteiger partial charge on any atom is -0.482 e. The van der Waals surface area contributed by atoms with Gasteiger partial charge in [0.2, 0.25) is 5.91 Å². The molecule has 4 rings (SSSR count). The third-order valence-electron chi connectivity index (χ3n) is 5.81. The molecule has 3 heterocycles. The molecule has 0 spiro atoms. The van der Waals surface area contributed by atoms with Crippen LogP contribution in [0.3, 0.4) is 0 Å². The summed E-state index contributed by atoms with van der Waals surface area (Å²) in [6.07, 6.45) is 2.05. The monoisotopic (exact) mass is 423 g/mol. The zero-order valence-electron chi connectivity index (χ0n) is 17.9. The maximum absolute atomic E-state index is 12.3. The van der Waals surface area contributed by atoms with Crippen molar-refractivity contribution in [2.24, 2.45) is 0 Å². The van der Waals surface area contributed by atoms with Gasteiger partial charge < -0.3 is 24.8 Å². The fraction of sp³-hybridized carbons (Fsp3) is 0.435. The number of nitrogens with zero attached hydrogens (tertiary/aromatic N) is 4. The molecule has 0 saturated carbocycles. The largest absolute Gasteiger partial charge is 0.482 e. The van der Waals surface area contributed by atoms with Crippen molar-refractivity contribution >= 4 is 23.3 Å². The zero-order valence-corrected chi connectivity index (χ0v) is 17.9. The van der Waals surface area contributed by atoms with E-state index in [2.05, 4.69) is 27.0 Å². The molecule has 2 aliphatic rings. The highest BCUT2D eigenvalue weighted by Crippen LogP contribution is 2.31. The Morgan fingerprint density at radius 2 is 1.94 bits per heavy atom. The number of carbonyl (C=O) groups is 2. The van der Waals surface area contributed by atoms with E-state index >= 15 is 0 Å². The van der Waals surface area contributed by atoms with Crippen molar-refractivity contribution in [3.05, 3.63) is 48.2 Å². The van der Waals surface area contributed by atoms with Gasteiger partial charge in [0.05, 0.1) is 5.69 Å². The van der Waals surface area contributed by atoms with Gasteiger partial charge in [0.15, 0.2) is 6.61 Å². The van der Waals surface area contributed by atoms with Crippen LogP contribution in [-0.2, 0) is 16.1 Å². The number of nitrogens with one attached hydrogen (secondary N) is 1. The lowest BCUT2D eigenvalue weighted by atomic mass is 10.2. The van der Waals surface area contributed by atoms with Crippen LogP contribution in [0.1, 0.15) is 18.9 Å². The Kier molecular flexibility index (Phi) is 6.66. The van der Waals surface area contributed by atoms with Crippen molar-refractivity contribution in [1.82, 2.24) is 15.2 Å². The highest BCUT2D eigenvalue weighted by atomic mass is 16.5. The highest BCUT2D eigenvalue weighted by Gasteiger charge is 2.25. The van der Waals surface area contributed by atoms with Crippen molar-refractivity contribution in [3.63, 3.8) is 0 Å². The average Bonchev–Trinajstić information content (AvgIpc) is 2.82. The van der Waals surface area contributed by atoms with Gasteiger partial charge in [0.1, 0.15) is 11.6 Å². The third kappa shape index (κ3) is 5.14. The summed E-state index contributed by atoms with van der Waals surface area (Å²) in [5, 5.41) is 2.92. The van der Waals surface area contributed by atoms with Gasteiger partial charge in [-0.15, -0.1) is 0 Å². The quantitative estimate of drug-likeness (QED) is 0.730. The molecule has 0 unspecified atom stereocenters. The van der Waals surface area contributed by atoms with E-state index in [0.717, 1.165) is 44.1 Å². The molecule has 1 aromatic heterocycles. The lowest BCUT2D eigenvalue weighted by Crippen LogP contribution is -2.46. The van der Waals surface area contributed by atoms with E-state index in [0.29, 0.717) is 24.5 Å². The number of fused-ring (bicyclic) bond motifs is 1. The van der Waals surface area contributed by atoms with Crippen molar-refractivity contribution in [1.29, 1.82) is 0 Å². The molecule has 1 fully saturated rings. The Bertz CT molecular complexity index is 910. The van der Waals surface area contributed by atoms with E-state index < -0.39 is 0 Å². The zero-order chi connectivity index (χ0) is 21.6. The van der Waals surface area contributed by atoms with Crippen LogP contribution in [0.5, 0.6) is 5.75 Å². The highest BCUT2D eigenvalue weighted by molar-refractivity contribution is 5.98. The van der Waals surface area contributed by atoms with E-state index in [1.165, 1.54) is 0 Å². The fourth-order valence-corrected chi connectivity index (χ4v) is 3.90. The number of ether oxygens (including phenoxy) is 1. The molecule has 2 aromatic rings. The molecule has 0 aliphatic carbocycles. The lowest BCUT2D eigenvalue weighted by Gasteiger charge is -2.34. The normalized spacial score (nSPS) is 16.6. The number of pyridine rings is 1. The van der Waals surface area contributed by atoms with E-state index in [9.17, 15) is 9.59 Å². The molecule has 164 valence electrons. The van der Waals surface area contributed by atoms with E-state index in [1.54, 1.807) is 4.90 Å². The number of piperazine rings is 1. The molecule has 0 bridgehead atoms. The maximum atomic E-state index is 12.3. The Morgan fingerprint density at radius 1 is 1.13 bits per heavy atom. The van der Waals surface area contributed by atoms with Crippen LogP contribution >= 0.6 is 0 Å². The number of anilines is 2. The van der Waals surface area contributed by atoms with Gasteiger partial charge in [-0.05, 0) is 30.3 Å². The second kappa shape index (κ2) is 9.78. The first-order valence-corrected chi connectivity index (χ1v) is 10.8. The van der Waals surface area contributed by atoms with Crippen LogP contribution in [0.4, 0.5) is 11.5 Å². The van der Waals surface area contributed by atoms with Crippen LogP contribution in [0, 0.1) is 0 Å². The summed E-state index contributed by atoms with van der Waals surface area (Å²) >= 11 is 0. The molecular weight excluding hydrogens is 394 g/mol. The number of carbonyl (C=O) groups excluding carboxylic acids is 2. The number of hydrogen-bond acceptors (Lipinski definition) is 6. The molecule has 0 atom stereocenters. The summed E-state index contributed by atoms with van der Waals surface area (Å²) in [5.41, 5.74) is 1.67. The average molecular weight is 424 g/mol. The molecule has 8 nitrogen and oxygen atoms in total. The van der Waals surface area contributed by atoms with Crippen molar-refractivity contribution in [3.8, 4) is 5.75 Å². The predicted molar refractivity (Wildman–Crippen MR) is 119 cm³/mol. The van der Waals surface area contributed by atoms with Crippen molar-refractivity contribution in [2.75, 3.05) is 55.7 Å². The fourth-order valence-electron chi connectivity index (χ4n) is 3.90. The second-order valence-corrected chi connectivity index (χ2v) is 7.77. The van der Waals surface area contributed by atoms with Gasteiger partial charge in [-0.3, -0.25) is 9.59 Å². The Balaban J connectivity index is 1.24. The number of hydrogen-bond donors (Lipinski definition) is 1. The maximum Gasteiger partial charge on any atom is 0.265 e. The number of amides is 2. The van der Waals surface area contributed by atoms with Gasteiger partial charge in [-0.1, -0.05) is 25.1 Å². The molecule has 1 N–H and O–H groups in total. The smallest absolute Gasteiger partial charge is 0.265 e. The van der Waals surface area contributed by atoms with Crippen molar-refractivity contribution in [2.45, 2.75) is 19.9 Å². The SMILES string of the molecule is CCN1CCN(c2ccc(CNC(=O)CCN3C(=O)COc4ccccc43)cn2)CC1. The molecule has 31 heavy (non-hydrogen) atoms. The van der Waals surface area contributed by atoms with Crippen LogP contribution in [0.25, 0.3) is 0 Å². The number of likely N-dealkylation sites (N-methyl/N-ethyl adjacent to an activating group) is 1. The van der Waals surface area contributed by atoms with Gasteiger partial charge in [0, 0.05) is 51.9 Å². The summed E-state index contributed by atoms with van der Waals surface area (Å²) in [5.74, 6) is 1.42. The first-order chi connectivity index (χ1) is 15.1. The van der Waals surface area contributed by atoms with Crippen LogP contribution in [0.15, 0.2) is 42.6 Å². The van der Waals surface area contributed by atoms with E-state index in [-0.39, 0.29) is 24.8 Å². The minimum absolute atomic E-state index is 0.00411. The van der Waals surface area contributed by atoms with Crippen molar-refractivity contribution < 1.29 is 14.3 Å². The molecule has 8 heteroatoms. The standard InChI is InChI=1S/C23H29N5O3/c1-2-26-11-13-27(14-12-26)21-8-7-18(15-24-21)16-25-22(29)9-10-28-19-5-3-4-6-20(19)31-17-23(28)30/h3-8,15H,2,9-14,16-17H2,1H3,(H,25,29).